The van der Waals surface area contributed by atoms with Crippen molar-refractivity contribution >= 4 is 11.6 Å². The summed E-state index contributed by atoms with van der Waals surface area (Å²) in [7, 11) is 1.47. The second-order valence-electron chi connectivity index (χ2n) is 8.61. The van der Waals surface area contributed by atoms with Gasteiger partial charge in [-0.15, -0.1) is 0 Å². The van der Waals surface area contributed by atoms with Gasteiger partial charge in [-0.3, -0.25) is 9.78 Å². The highest BCUT2D eigenvalue weighted by Crippen LogP contribution is 2.40. The number of ether oxygens (including phenoxy) is 1. The third kappa shape index (κ3) is 5.20. The molecule has 2 atom stereocenters. The summed E-state index contributed by atoms with van der Waals surface area (Å²) in [6, 6.07) is 4.94. The Morgan fingerprint density at radius 1 is 1.39 bits per heavy atom. The minimum atomic E-state index is -4.59. The van der Waals surface area contributed by atoms with E-state index in [4.69, 9.17) is 10.5 Å². The molecular formula is C23H26F3N5O2. The first-order valence-corrected chi connectivity index (χ1v) is 10.4. The number of pyridine rings is 1. The summed E-state index contributed by atoms with van der Waals surface area (Å²) >= 11 is 0. The highest BCUT2D eigenvalue weighted by molar-refractivity contribution is 6.04. The van der Waals surface area contributed by atoms with Crippen LogP contribution in [0.15, 0.2) is 24.4 Å². The lowest BCUT2D eigenvalue weighted by molar-refractivity contribution is -0.149. The molecule has 1 aromatic heterocycles. The quantitative estimate of drug-likeness (QED) is 0.706. The number of anilines is 1. The van der Waals surface area contributed by atoms with Gasteiger partial charge in [-0.05, 0) is 51.0 Å². The van der Waals surface area contributed by atoms with Gasteiger partial charge >= 0.3 is 6.18 Å². The number of carbonyl (C=O) groups excluding carboxylic acids is 1. The van der Waals surface area contributed by atoms with Crippen molar-refractivity contribution in [3.8, 4) is 22.9 Å². The molecule has 3 rings (SSSR count). The van der Waals surface area contributed by atoms with E-state index in [1.807, 2.05) is 17.1 Å². The number of carbonyl (C=O) groups is 1. The highest BCUT2D eigenvalue weighted by atomic mass is 19.4. The van der Waals surface area contributed by atoms with Crippen molar-refractivity contribution in [3.05, 3.63) is 41.2 Å². The number of hydrogen-bond acceptors (Lipinski definition) is 6. The molecule has 0 spiro atoms. The van der Waals surface area contributed by atoms with Gasteiger partial charge < -0.3 is 20.7 Å². The van der Waals surface area contributed by atoms with Crippen LogP contribution in [-0.2, 0) is 0 Å². The van der Waals surface area contributed by atoms with Crippen LogP contribution >= 0.6 is 0 Å². The van der Waals surface area contributed by atoms with Crippen LogP contribution in [-0.4, -0.2) is 48.8 Å². The minimum absolute atomic E-state index is 0.00530. The summed E-state index contributed by atoms with van der Waals surface area (Å²) in [5.74, 6) is -0.461. The van der Waals surface area contributed by atoms with E-state index in [0.29, 0.717) is 53.3 Å². The number of aryl methyl sites for hydroxylation is 1. The Labute approximate surface area is 190 Å². The molecule has 2 heterocycles. The maximum atomic E-state index is 13.1. The molecule has 0 aliphatic carbocycles. The molecule has 33 heavy (non-hydrogen) atoms. The Balaban J connectivity index is 2.23. The number of benzene rings is 1. The van der Waals surface area contributed by atoms with Crippen LogP contribution in [0.5, 0.6) is 5.75 Å². The van der Waals surface area contributed by atoms with E-state index < -0.39 is 23.7 Å². The number of hydrogen-bond donors (Lipinski definition) is 2. The SMILES string of the molecule is COc1cc(C#N)cc(-c2c(C)ncc(C(=O)NC(C)C(F)(F)F)c2N2CC[C@](C)(N)C2)c1. The van der Waals surface area contributed by atoms with Crippen LogP contribution in [0.1, 0.15) is 41.9 Å². The molecule has 176 valence electrons. The van der Waals surface area contributed by atoms with Gasteiger partial charge in [-0.25, -0.2) is 0 Å². The predicted molar refractivity (Wildman–Crippen MR) is 118 cm³/mol. The molecule has 1 unspecified atom stereocenters. The molecule has 1 aliphatic rings. The van der Waals surface area contributed by atoms with Gasteiger partial charge in [0.2, 0.25) is 0 Å². The third-order valence-corrected chi connectivity index (χ3v) is 5.71. The van der Waals surface area contributed by atoms with E-state index in [1.54, 1.807) is 25.1 Å². The van der Waals surface area contributed by atoms with Crippen LogP contribution in [0.3, 0.4) is 0 Å². The van der Waals surface area contributed by atoms with Crippen LogP contribution in [0.2, 0.25) is 0 Å². The van der Waals surface area contributed by atoms with Crippen molar-refractivity contribution in [1.29, 1.82) is 5.26 Å². The van der Waals surface area contributed by atoms with Crippen molar-refractivity contribution in [1.82, 2.24) is 10.3 Å². The van der Waals surface area contributed by atoms with Gasteiger partial charge in [0.25, 0.3) is 5.91 Å². The molecule has 3 N–H and O–H groups in total. The topological polar surface area (TPSA) is 104 Å². The Morgan fingerprint density at radius 2 is 2.09 bits per heavy atom. The maximum Gasteiger partial charge on any atom is 0.408 e. The van der Waals surface area contributed by atoms with Crippen LogP contribution in [0.25, 0.3) is 11.1 Å². The predicted octanol–water partition coefficient (Wildman–Crippen LogP) is 3.55. The number of nitriles is 1. The zero-order valence-electron chi connectivity index (χ0n) is 18.9. The minimum Gasteiger partial charge on any atom is -0.497 e. The van der Waals surface area contributed by atoms with Gasteiger partial charge in [0.1, 0.15) is 11.8 Å². The fourth-order valence-corrected chi connectivity index (χ4v) is 3.89. The number of amides is 1. The lowest BCUT2D eigenvalue weighted by atomic mass is 9.96. The fourth-order valence-electron chi connectivity index (χ4n) is 3.89. The van der Waals surface area contributed by atoms with Gasteiger partial charge in [0.15, 0.2) is 0 Å². The zero-order chi connectivity index (χ0) is 24.6. The van der Waals surface area contributed by atoms with Gasteiger partial charge in [-0.1, -0.05) is 0 Å². The first kappa shape index (κ1) is 24.3. The molecule has 1 saturated heterocycles. The number of nitrogens with zero attached hydrogens (tertiary/aromatic N) is 3. The Bertz CT molecular complexity index is 1110. The number of alkyl halides is 3. The molecular weight excluding hydrogens is 435 g/mol. The average Bonchev–Trinajstić information content (AvgIpc) is 3.11. The molecule has 1 amide bonds. The van der Waals surface area contributed by atoms with Crippen molar-refractivity contribution in [2.45, 2.75) is 44.9 Å². The number of rotatable bonds is 5. The molecule has 1 aromatic carbocycles. The fraction of sp³-hybridized carbons (Fsp3) is 0.435. The highest BCUT2D eigenvalue weighted by Gasteiger charge is 2.39. The number of aromatic nitrogens is 1. The largest absolute Gasteiger partial charge is 0.497 e. The molecule has 0 radical (unpaired) electrons. The Hall–Kier alpha value is -3.32. The Kier molecular flexibility index (Phi) is 6.56. The maximum absolute atomic E-state index is 13.1. The molecule has 1 aliphatic heterocycles. The normalized spacial score (nSPS) is 19.2. The standard InChI is InChI=1S/C23H26F3N5O2/c1-13-19(16-7-15(10-27)8-17(9-16)33-4)20(31-6-5-22(3,28)12-31)18(11-29-13)21(32)30-14(2)23(24,25)26/h7-9,11,14H,5-6,12,28H2,1-4H3,(H,30,32)/t14?,22-/m0/s1. The summed E-state index contributed by atoms with van der Waals surface area (Å²) in [5.41, 5.74) is 8.21. The lowest BCUT2D eigenvalue weighted by Gasteiger charge is -2.28. The first-order chi connectivity index (χ1) is 15.4. The monoisotopic (exact) mass is 461 g/mol. The van der Waals surface area contributed by atoms with Crippen molar-refractivity contribution in [3.63, 3.8) is 0 Å². The lowest BCUT2D eigenvalue weighted by Crippen LogP contribution is -2.44. The Morgan fingerprint density at radius 3 is 2.64 bits per heavy atom. The van der Waals surface area contributed by atoms with Crippen molar-refractivity contribution in [2.24, 2.45) is 5.73 Å². The van der Waals surface area contributed by atoms with E-state index in [2.05, 4.69) is 11.1 Å². The number of methoxy groups -OCH3 is 1. The van der Waals surface area contributed by atoms with E-state index in [1.165, 1.54) is 13.3 Å². The zero-order valence-corrected chi connectivity index (χ0v) is 18.9. The number of halogens is 3. The van der Waals surface area contributed by atoms with E-state index >= 15 is 0 Å². The van der Waals surface area contributed by atoms with Crippen molar-refractivity contribution in [2.75, 3.05) is 25.1 Å². The van der Waals surface area contributed by atoms with E-state index in [9.17, 15) is 23.2 Å². The second-order valence-corrected chi connectivity index (χ2v) is 8.61. The molecule has 10 heteroatoms. The molecule has 0 saturated carbocycles. The summed E-state index contributed by atoms with van der Waals surface area (Å²) in [4.78, 5) is 19.2. The molecule has 1 fully saturated rings. The van der Waals surface area contributed by atoms with Gasteiger partial charge in [0.05, 0.1) is 30.0 Å². The van der Waals surface area contributed by atoms with Crippen LogP contribution in [0.4, 0.5) is 18.9 Å². The summed E-state index contributed by atoms with van der Waals surface area (Å²) < 4.78 is 44.6. The number of nitrogens with two attached hydrogens (primary N) is 1. The van der Waals surface area contributed by atoms with Crippen LogP contribution < -0.4 is 20.7 Å². The van der Waals surface area contributed by atoms with Gasteiger partial charge in [-0.2, -0.15) is 18.4 Å². The molecule has 2 aromatic rings. The van der Waals surface area contributed by atoms with Crippen molar-refractivity contribution < 1.29 is 22.7 Å². The van der Waals surface area contributed by atoms with E-state index in [-0.39, 0.29) is 5.56 Å². The van der Waals surface area contributed by atoms with Gasteiger partial charge in [0, 0.05) is 36.1 Å². The summed E-state index contributed by atoms with van der Waals surface area (Å²) in [5, 5.41) is 11.5. The average molecular weight is 461 g/mol. The van der Waals surface area contributed by atoms with Crippen LogP contribution in [0, 0.1) is 18.3 Å². The molecule has 7 nitrogen and oxygen atoms in total. The first-order valence-electron chi connectivity index (χ1n) is 10.4. The summed E-state index contributed by atoms with van der Waals surface area (Å²) in [6.07, 6.45) is -2.67. The van der Waals surface area contributed by atoms with E-state index in [0.717, 1.165) is 6.92 Å². The summed E-state index contributed by atoms with van der Waals surface area (Å²) in [6.45, 7) is 5.41. The smallest absolute Gasteiger partial charge is 0.408 e. The second kappa shape index (κ2) is 8.90. The third-order valence-electron chi connectivity index (χ3n) is 5.71. The number of nitrogens with one attached hydrogen (secondary N) is 1. The molecule has 0 bridgehead atoms.